The maximum Gasteiger partial charge on any atom is 0.405 e. The first-order valence-electron chi connectivity index (χ1n) is 12.8. The summed E-state index contributed by atoms with van der Waals surface area (Å²) in [6.07, 6.45) is -2.03. The number of pyridine rings is 1. The van der Waals surface area contributed by atoms with Crippen molar-refractivity contribution in [1.29, 1.82) is 0 Å². The van der Waals surface area contributed by atoms with Gasteiger partial charge in [0, 0.05) is 36.3 Å². The number of fused-ring (bicyclic) bond motifs is 1. The lowest BCUT2D eigenvalue weighted by molar-refractivity contribution is -0.134. The fourth-order valence-electron chi connectivity index (χ4n) is 5.07. The number of aliphatic hydroxyl groups excluding tert-OH is 1. The number of alkyl halides is 3. The minimum Gasteiger partial charge on any atom is -0.396 e. The lowest BCUT2D eigenvalue weighted by Crippen LogP contribution is -2.34. The molecule has 0 unspecified atom stereocenters. The van der Waals surface area contributed by atoms with E-state index >= 15 is 0 Å². The number of aromatic nitrogens is 1. The van der Waals surface area contributed by atoms with Crippen molar-refractivity contribution < 1.29 is 32.3 Å². The number of benzene rings is 2. The van der Waals surface area contributed by atoms with E-state index in [0.29, 0.717) is 45.8 Å². The van der Waals surface area contributed by atoms with Gasteiger partial charge in [-0.05, 0) is 54.5 Å². The average Bonchev–Trinajstić information content (AvgIpc) is 3.65. The molecule has 204 valence electrons. The molecule has 1 saturated carbocycles. The largest absolute Gasteiger partial charge is 0.405 e. The molecule has 1 aliphatic heterocycles. The number of rotatable bonds is 8. The molecule has 2 heterocycles. The quantitative estimate of drug-likeness (QED) is 0.374. The van der Waals surface area contributed by atoms with Crippen molar-refractivity contribution >= 4 is 11.8 Å². The van der Waals surface area contributed by atoms with Crippen LogP contribution in [-0.2, 0) is 11.3 Å². The van der Waals surface area contributed by atoms with Crippen LogP contribution in [0.3, 0.4) is 0 Å². The van der Waals surface area contributed by atoms with Crippen LogP contribution in [0.1, 0.15) is 53.3 Å². The van der Waals surface area contributed by atoms with Gasteiger partial charge >= 0.3 is 6.18 Å². The van der Waals surface area contributed by atoms with Gasteiger partial charge in [-0.2, -0.15) is 13.2 Å². The second kappa shape index (κ2) is 10.8. The topological polar surface area (TPSA) is 82.5 Å². The zero-order chi connectivity index (χ0) is 27.7. The van der Waals surface area contributed by atoms with Gasteiger partial charge in [-0.1, -0.05) is 36.4 Å². The zero-order valence-corrected chi connectivity index (χ0v) is 21.0. The Balaban J connectivity index is 1.61. The Kier molecular flexibility index (Phi) is 7.40. The molecule has 10 heteroatoms. The SMILES string of the molecule is O=C(NCC(F)(F)F)c1cc2c(c(-c3cccc(-c4ccccc4F)c3)n1)[C@@H](CCO)N(C(=O)CC1CC1)C2. The summed E-state index contributed by atoms with van der Waals surface area (Å²) in [6.45, 7) is -1.57. The van der Waals surface area contributed by atoms with Crippen LogP contribution < -0.4 is 5.32 Å². The van der Waals surface area contributed by atoms with Crippen LogP contribution in [0.15, 0.2) is 54.6 Å². The number of aliphatic hydroxyl groups is 1. The second-order valence-electron chi connectivity index (χ2n) is 9.98. The average molecular weight is 542 g/mol. The molecule has 6 nitrogen and oxygen atoms in total. The van der Waals surface area contributed by atoms with Gasteiger partial charge in [-0.3, -0.25) is 9.59 Å². The summed E-state index contributed by atoms with van der Waals surface area (Å²) in [7, 11) is 0. The van der Waals surface area contributed by atoms with Crippen LogP contribution in [0.4, 0.5) is 17.6 Å². The van der Waals surface area contributed by atoms with Crippen LogP contribution in [-0.4, -0.2) is 46.1 Å². The third-order valence-corrected chi connectivity index (χ3v) is 7.08. The van der Waals surface area contributed by atoms with Crippen molar-refractivity contribution in [3.8, 4) is 22.4 Å². The summed E-state index contributed by atoms with van der Waals surface area (Å²) in [6, 6.07) is 14.0. The normalized spacial score (nSPS) is 16.7. The predicted molar refractivity (Wildman–Crippen MR) is 136 cm³/mol. The van der Waals surface area contributed by atoms with Crippen LogP contribution in [0, 0.1) is 11.7 Å². The Labute approximate surface area is 222 Å². The van der Waals surface area contributed by atoms with Crippen molar-refractivity contribution in [3.05, 3.63) is 77.2 Å². The molecule has 0 radical (unpaired) electrons. The van der Waals surface area contributed by atoms with Gasteiger partial charge in [0.05, 0.1) is 11.7 Å². The number of nitrogens with one attached hydrogen (secondary N) is 1. The predicted octanol–water partition coefficient (Wildman–Crippen LogP) is 5.41. The monoisotopic (exact) mass is 541 g/mol. The van der Waals surface area contributed by atoms with E-state index in [-0.39, 0.29) is 31.2 Å². The zero-order valence-electron chi connectivity index (χ0n) is 21.0. The highest BCUT2D eigenvalue weighted by Crippen LogP contribution is 2.44. The molecule has 2 aromatic carbocycles. The van der Waals surface area contributed by atoms with Crippen LogP contribution in [0.25, 0.3) is 22.4 Å². The van der Waals surface area contributed by atoms with Gasteiger partial charge < -0.3 is 15.3 Å². The molecule has 5 rings (SSSR count). The van der Waals surface area contributed by atoms with E-state index in [2.05, 4.69) is 4.98 Å². The standard InChI is InChI=1S/C29H27F4N3O3/c30-22-7-2-1-6-21(22)18-4-3-5-19(13-18)27-26-20(14-23(35-27)28(39)34-16-29(31,32)33)15-36(24(26)10-11-37)25(38)12-17-8-9-17/h1-7,13-14,17,24,37H,8-12,15-16H2,(H,34,39)/t24-/m1/s1. The summed E-state index contributed by atoms with van der Waals surface area (Å²) in [4.78, 5) is 32.1. The number of nitrogens with zero attached hydrogens (tertiary/aromatic N) is 2. The molecule has 0 spiro atoms. The van der Waals surface area contributed by atoms with Gasteiger partial charge in [0.15, 0.2) is 0 Å². The minimum absolute atomic E-state index is 0.0821. The summed E-state index contributed by atoms with van der Waals surface area (Å²) < 4.78 is 52.9. The van der Waals surface area contributed by atoms with Crippen molar-refractivity contribution in [2.24, 2.45) is 5.92 Å². The molecule has 2 aliphatic rings. The number of carbonyl (C=O) groups excluding carboxylic acids is 2. The lowest BCUT2D eigenvalue weighted by Gasteiger charge is -2.26. The molecule has 39 heavy (non-hydrogen) atoms. The van der Waals surface area contributed by atoms with Gasteiger partial charge in [0.25, 0.3) is 5.91 Å². The molecule has 1 aromatic heterocycles. The minimum atomic E-state index is -4.60. The molecule has 2 N–H and O–H groups in total. The van der Waals surface area contributed by atoms with E-state index in [4.69, 9.17) is 0 Å². The van der Waals surface area contributed by atoms with Crippen LogP contribution in [0.5, 0.6) is 0 Å². The maximum absolute atomic E-state index is 14.6. The first kappa shape index (κ1) is 26.8. The number of hydrogen-bond acceptors (Lipinski definition) is 4. The van der Waals surface area contributed by atoms with Crippen molar-refractivity contribution in [1.82, 2.24) is 15.2 Å². The maximum atomic E-state index is 14.6. The fourth-order valence-corrected chi connectivity index (χ4v) is 5.07. The van der Waals surface area contributed by atoms with E-state index in [1.807, 2.05) is 5.32 Å². The number of halogens is 4. The van der Waals surface area contributed by atoms with E-state index in [1.54, 1.807) is 47.4 Å². The Morgan fingerprint density at radius 1 is 1.05 bits per heavy atom. The highest BCUT2D eigenvalue weighted by atomic mass is 19.4. The summed E-state index contributed by atoms with van der Waals surface area (Å²) >= 11 is 0. The first-order chi connectivity index (χ1) is 18.6. The molecule has 0 bridgehead atoms. The van der Waals surface area contributed by atoms with E-state index in [0.717, 1.165) is 12.8 Å². The highest BCUT2D eigenvalue weighted by molar-refractivity contribution is 5.94. The van der Waals surface area contributed by atoms with E-state index < -0.39 is 30.5 Å². The smallest absolute Gasteiger partial charge is 0.396 e. The third kappa shape index (κ3) is 5.95. The van der Waals surface area contributed by atoms with Crippen LogP contribution >= 0.6 is 0 Å². The second-order valence-corrected chi connectivity index (χ2v) is 9.98. The molecule has 1 fully saturated rings. The Morgan fingerprint density at radius 3 is 2.49 bits per heavy atom. The van der Waals surface area contributed by atoms with Crippen molar-refractivity contribution in [3.63, 3.8) is 0 Å². The van der Waals surface area contributed by atoms with Crippen LogP contribution in [0.2, 0.25) is 0 Å². The number of amides is 2. The molecular weight excluding hydrogens is 514 g/mol. The third-order valence-electron chi connectivity index (χ3n) is 7.08. The molecule has 1 atom stereocenters. The van der Waals surface area contributed by atoms with E-state index in [9.17, 15) is 32.3 Å². The molecule has 2 amide bonds. The summed E-state index contributed by atoms with van der Waals surface area (Å²) in [5, 5.41) is 11.7. The van der Waals surface area contributed by atoms with Crippen molar-refractivity contribution in [2.75, 3.05) is 13.2 Å². The van der Waals surface area contributed by atoms with Gasteiger partial charge in [-0.25, -0.2) is 9.37 Å². The lowest BCUT2D eigenvalue weighted by atomic mass is 9.93. The molecular formula is C29H27F4N3O3. The van der Waals surface area contributed by atoms with E-state index in [1.165, 1.54) is 12.1 Å². The van der Waals surface area contributed by atoms with Gasteiger partial charge in [0.1, 0.15) is 18.1 Å². The molecule has 0 saturated heterocycles. The van der Waals surface area contributed by atoms with Crippen molar-refractivity contribution in [2.45, 2.75) is 44.4 Å². The molecule has 3 aromatic rings. The summed E-state index contributed by atoms with van der Waals surface area (Å²) in [5.41, 5.74) is 2.71. The van der Waals surface area contributed by atoms with Gasteiger partial charge in [0.2, 0.25) is 5.91 Å². The van der Waals surface area contributed by atoms with Gasteiger partial charge in [-0.15, -0.1) is 0 Å². The highest BCUT2D eigenvalue weighted by Gasteiger charge is 2.39. The Morgan fingerprint density at radius 2 is 1.79 bits per heavy atom. The summed E-state index contributed by atoms with van der Waals surface area (Å²) in [5.74, 6) is -1.18. The molecule has 1 aliphatic carbocycles. The Bertz CT molecular complexity index is 1400. The number of hydrogen-bond donors (Lipinski definition) is 2. The first-order valence-corrected chi connectivity index (χ1v) is 12.8. The number of carbonyl (C=O) groups is 2. The fraction of sp³-hybridized carbons (Fsp3) is 0.345. The Hall–Kier alpha value is -3.79.